The zero-order chi connectivity index (χ0) is 18.7. The quantitative estimate of drug-likeness (QED) is 0.537. The second-order valence-electron chi connectivity index (χ2n) is 7.20. The van der Waals surface area contributed by atoms with Crippen molar-refractivity contribution in [1.29, 1.82) is 0 Å². The van der Waals surface area contributed by atoms with Gasteiger partial charge in [0, 0.05) is 0 Å². The van der Waals surface area contributed by atoms with E-state index in [0.29, 0.717) is 6.04 Å². The molecule has 1 nitrogen and oxygen atoms in total. The molecule has 0 aliphatic carbocycles. The number of hydrogen-bond acceptors (Lipinski definition) is 1. The van der Waals surface area contributed by atoms with Crippen molar-refractivity contribution in [3.63, 3.8) is 0 Å². The van der Waals surface area contributed by atoms with E-state index in [1.54, 1.807) is 3.51 Å². The summed E-state index contributed by atoms with van der Waals surface area (Å²) < 4.78 is 4.63. The van der Waals surface area contributed by atoms with Crippen molar-refractivity contribution in [2.24, 2.45) is 0 Å². The molecule has 3 rings (SSSR count). The summed E-state index contributed by atoms with van der Waals surface area (Å²) in [5.74, 6) is 0. The Bertz CT molecular complexity index is 805. The molecule has 2 heteroatoms. The first-order valence-electron chi connectivity index (χ1n) is 9.16. The number of nitrogens with zero attached hydrogens (tertiary/aromatic N) is 1. The fraction of sp³-hybridized carbons (Fsp3) is 0.250. The molecule has 0 fully saturated rings. The van der Waals surface area contributed by atoms with Crippen LogP contribution in [-0.4, -0.2) is 39.2 Å². The normalized spacial score (nSPS) is 12.6. The van der Waals surface area contributed by atoms with Gasteiger partial charge >= 0.3 is 166 Å². The Kier molecular flexibility index (Phi) is 6.22. The first kappa shape index (κ1) is 19.2. The van der Waals surface area contributed by atoms with Crippen LogP contribution in [0.5, 0.6) is 0 Å². The topological polar surface area (TPSA) is 3.24 Å². The first-order valence-corrected chi connectivity index (χ1v) is 13.0. The van der Waals surface area contributed by atoms with Crippen molar-refractivity contribution in [3.05, 3.63) is 89.5 Å². The van der Waals surface area contributed by atoms with Gasteiger partial charge in [0.05, 0.1) is 0 Å². The van der Waals surface area contributed by atoms with Gasteiger partial charge in [-0.05, 0) is 0 Å². The van der Waals surface area contributed by atoms with Crippen molar-refractivity contribution in [1.82, 2.24) is 4.90 Å². The van der Waals surface area contributed by atoms with Gasteiger partial charge in [-0.15, -0.1) is 0 Å². The Morgan fingerprint density at radius 3 is 1.62 bits per heavy atom. The molecule has 0 saturated carbocycles. The maximum atomic E-state index is 2.37. The molecule has 3 aromatic rings. The minimum absolute atomic E-state index is 0.411. The molecule has 0 radical (unpaired) electrons. The average molecular weight is 452 g/mol. The van der Waals surface area contributed by atoms with Crippen LogP contribution in [0.4, 0.5) is 0 Å². The first-order chi connectivity index (χ1) is 12.5. The van der Waals surface area contributed by atoms with E-state index in [1.165, 1.54) is 23.7 Å². The van der Waals surface area contributed by atoms with Crippen molar-refractivity contribution < 1.29 is 0 Å². The molecule has 0 aliphatic heterocycles. The van der Waals surface area contributed by atoms with Crippen LogP contribution in [0.3, 0.4) is 0 Å². The van der Waals surface area contributed by atoms with E-state index in [0.717, 1.165) is 0 Å². The number of benzene rings is 3. The van der Waals surface area contributed by atoms with E-state index in [1.807, 2.05) is 0 Å². The standard InChI is InChI=1S/C10H14N.2C7H7.Sb/c1-9(11(2)3)10-7-5-4-6-8-10;2*1-7-5-3-2-4-6-7;/h4-7,9H,1-3H3;2*3-6H,1H3;. The van der Waals surface area contributed by atoms with Crippen molar-refractivity contribution in [3.8, 4) is 0 Å². The molecule has 0 amide bonds. The van der Waals surface area contributed by atoms with Crippen LogP contribution in [0.15, 0.2) is 72.8 Å². The SMILES string of the molecule is Cc1cc[c]([Sb]([c]2ccc(C)cc2)[c]2ccccc2C(C)N(C)C)cc1. The second kappa shape index (κ2) is 8.42. The van der Waals surface area contributed by atoms with Gasteiger partial charge in [-0.3, -0.25) is 0 Å². The van der Waals surface area contributed by atoms with Crippen LogP contribution in [0.2, 0.25) is 0 Å². The van der Waals surface area contributed by atoms with Crippen molar-refractivity contribution >= 4 is 30.7 Å². The third-order valence-electron chi connectivity index (χ3n) is 4.99. The fourth-order valence-corrected chi connectivity index (χ4v) is 10.3. The Morgan fingerprint density at radius 2 is 1.15 bits per heavy atom. The Morgan fingerprint density at radius 1 is 0.692 bits per heavy atom. The fourth-order valence-electron chi connectivity index (χ4n) is 3.14. The van der Waals surface area contributed by atoms with Crippen molar-refractivity contribution in [2.45, 2.75) is 26.8 Å². The second-order valence-corrected chi connectivity index (χ2v) is 13.4. The predicted octanol–water partition coefficient (Wildman–Crippen LogP) is 3.44. The van der Waals surface area contributed by atoms with Crippen LogP contribution >= 0.6 is 0 Å². The summed E-state index contributed by atoms with van der Waals surface area (Å²) >= 11 is -2.08. The van der Waals surface area contributed by atoms with Gasteiger partial charge in [-0.25, -0.2) is 0 Å². The van der Waals surface area contributed by atoms with Gasteiger partial charge in [0.1, 0.15) is 0 Å². The summed E-state index contributed by atoms with van der Waals surface area (Å²) in [6.07, 6.45) is 0. The van der Waals surface area contributed by atoms with Gasteiger partial charge in [-0.2, -0.15) is 0 Å². The molecule has 1 atom stereocenters. The molecule has 0 aliphatic rings. The predicted molar refractivity (Wildman–Crippen MR) is 116 cm³/mol. The van der Waals surface area contributed by atoms with E-state index in [4.69, 9.17) is 0 Å². The van der Waals surface area contributed by atoms with E-state index in [-0.39, 0.29) is 0 Å². The van der Waals surface area contributed by atoms with Gasteiger partial charge in [0.2, 0.25) is 0 Å². The zero-order valence-corrected chi connectivity index (χ0v) is 19.0. The van der Waals surface area contributed by atoms with Gasteiger partial charge in [0.15, 0.2) is 0 Å². The van der Waals surface area contributed by atoms with E-state index >= 15 is 0 Å². The molecule has 3 aromatic carbocycles. The third kappa shape index (κ3) is 4.22. The van der Waals surface area contributed by atoms with Crippen LogP contribution in [0, 0.1) is 13.8 Å². The monoisotopic (exact) mass is 451 g/mol. The van der Waals surface area contributed by atoms with E-state index < -0.39 is 20.2 Å². The Balaban J connectivity index is 2.18. The van der Waals surface area contributed by atoms with Gasteiger partial charge in [0.25, 0.3) is 0 Å². The van der Waals surface area contributed by atoms with Crippen LogP contribution in [0.25, 0.3) is 0 Å². The molecule has 0 heterocycles. The maximum absolute atomic E-state index is 2.37. The molecule has 0 spiro atoms. The van der Waals surface area contributed by atoms with Crippen LogP contribution < -0.4 is 10.5 Å². The molecule has 1 unspecified atom stereocenters. The summed E-state index contributed by atoms with van der Waals surface area (Å²) in [5.41, 5.74) is 4.13. The summed E-state index contributed by atoms with van der Waals surface area (Å²) in [6, 6.07) is 28.0. The minimum atomic E-state index is -2.08. The number of aryl methyl sites for hydroxylation is 2. The van der Waals surface area contributed by atoms with E-state index in [2.05, 4.69) is 113 Å². The number of hydrogen-bond donors (Lipinski definition) is 0. The summed E-state index contributed by atoms with van der Waals surface area (Å²) in [6.45, 7) is 6.64. The van der Waals surface area contributed by atoms with E-state index in [9.17, 15) is 0 Å². The van der Waals surface area contributed by atoms with Crippen molar-refractivity contribution in [2.75, 3.05) is 14.1 Å². The molecule has 0 aromatic heterocycles. The summed E-state index contributed by atoms with van der Waals surface area (Å²) in [5, 5.41) is 0. The summed E-state index contributed by atoms with van der Waals surface area (Å²) in [7, 11) is 4.33. The molecule has 26 heavy (non-hydrogen) atoms. The average Bonchev–Trinajstić information content (AvgIpc) is 2.65. The zero-order valence-electron chi connectivity index (χ0n) is 16.4. The molecule has 0 saturated heterocycles. The molecular weight excluding hydrogens is 424 g/mol. The number of rotatable bonds is 5. The van der Waals surface area contributed by atoms with Gasteiger partial charge in [-0.1, -0.05) is 0 Å². The Labute approximate surface area is 165 Å². The molecular formula is C24H28NSb. The Hall–Kier alpha value is -1.56. The third-order valence-corrected chi connectivity index (χ3v) is 12.2. The molecule has 0 bridgehead atoms. The van der Waals surface area contributed by atoms with Crippen LogP contribution in [0.1, 0.15) is 29.7 Å². The van der Waals surface area contributed by atoms with Gasteiger partial charge < -0.3 is 0 Å². The molecule has 134 valence electrons. The summed E-state index contributed by atoms with van der Waals surface area (Å²) in [4.78, 5) is 2.31. The molecule has 0 N–H and O–H groups in total. The van der Waals surface area contributed by atoms with Crippen LogP contribution in [-0.2, 0) is 0 Å².